The van der Waals surface area contributed by atoms with E-state index in [4.69, 9.17) is 11.6 Å². The van der Waals surface area contributed by atoms with E-state index < -0.39 is 10.0 Å². The maximum absolute atomic E-state index is 12.3. The van der Waals surface area contributed by atoms with E-state index >= 15 is 0 Å². The van der Waals surface area contributed by atoms with E-state index in [-0.39, 0.29) is 11.4 Å². The fourth-order valence-electron chi connectivity index (χ4n) is 2.11. The molecule has 0 saturated carbocycles. The molecule has 0 radical (unpaired) electrons. The number of halogens is 1. The van der Waals surface area contributed by atoms with E-state index in [9.17, 15) is 8.42 Å². The molecule has 0 aliphatic rings. The summed E-state index contributed by atoms with van der Waals surface area (Å²) in [6, 6.07) is 13.0. The molecule has 124 valence electrons. The highest BCUT2D eigenvalue weighted by Gasteiger charge is 2.16. The van der Waals surface area contributed by atoms with Crippen molar-refractivity contribution in [1.82, 2.24) is 19.5 Å². The van der Waals surface area contributed by atoms with E-state index in [1.54, 1.807) is 16.8 Å². The molecule has 6 nitrogen and oxygen atoms in total. The summed E-state index contributed by atoms with van der Waals surface area (Å²) in [6.07, 6.45) is 4.38. The Morgan fingerprint density at radius 1 is 1.04 bits per heavy atom. The number of benzene rings is 1. The van der Waals surface area contributed by atoms with Gasteiger partial charge in [0, 0.05) is 18.9 Å². The molecule has 0 bridgehead atoms. The maximum atomic E-state index is 12.3. The van der Waals surface area contributed by atoms with Crippen molar-refractivity contribution in [2.45, 2.75) is 18.0 Å². The molecule has 0 aliphatic heterocycles. The first-order chi connectivity index (χ1) is 11.5. The van der Waals surface area contributed by atoms with Gasteiger partial charge in [0.25, 0.3) is 0 Å². The second kappa shape index (κ2) is 7.12. The second-order valence-electron chi connectivity index (χ2n) is 5.17. The minimum absolute atomic E-state index is 0.125. The van der Waals surface area contributed by atoms with Gasteiger partial charge in [0.15, 0.2) is 0 Å². The summed E-state index contributed by atoms with van der Waals surface area (Å²) in [6.45, 7) is 0.647. The van der Waals surface area contributed by atoms with Gasteiger partial charge in [0.2, 0.25) is 10.0 Å². The summed E-state index contributed by atoms with van der Waals surface area (Å²) >= 11 is 5.71. The van der Waals surface area contributed by atoms with Crippen LogP contribution in [0.3, 0.4) is 0 Å². The number of rotatable bonds is 6. The maximum Gasteiger partial charge on any atom is 0.243 e. The standard InChI is InChI=1S/C16H15ClN4O2S/c17-16-7-6-14(8-18-16)9-20-24(22,23)15-10-19-21(12-15)11-13-4-2-1-3-5-13/h1-8,10,12,20H,9,11H2. The van der Waals surface area contributed by atoms with Gasteiger partial charge in [-0.25, -0.2) is 18.1 Å². The van der Waals surface area contributed by atoms with Crippen LogP contribution in [0.1, 0.15) is 11.1 Å². The Hall–Kier alpha value is -2.22. The predicted octanol–water partition coefficient (Wildman–Crippen LogP) is 2.46. The lowest BCUT2D eigenvalue weighted by atomic mass is 10.2. The Bertz CT molecular complexity index is 909. The molecule has 0 saturated heterocycles. The van der Waals surface area contributed by atoms with E-state index in [2.05, 4.69) is 14.8 Å². The molecule has 24 heavy (non-hydrogen) atoms. The highest BCUT2D eigenvalue weighted by atomic mass is 35.5. The topological polar surface area (TPSA) is 76.9 Å². The monoisotopic (exact) mass is 362 g/mol. The van der Waals surface area contributed by atoms with Crippen LogP contribution in [-0.2, 0) is 23.1 Å². The zero-order valence-corrected chi connectivity index (χ0v) is 14.2. The van der Waals surface area contributed by atoms with Gasteiger partial charge in [-0.3, -0.25) is 4.68 Å². The van der Waals surface area contributed by atoms with Crippen LogP contribution in [0.25, 0.3) is 0 Å². The van der Waals surface area contributed by atoms with Crippen molar-refractivity contribution in [3.8, 4) is 0 Å². The molecule has 3 aromatic rings. The first-order valence-corrected chi connectivity index (χ1v) is 9.05. The number of pyridine rings is 1. The van der Waals surface area contributed by atoms with Crippen molar-refractivity contribution < 1.29 is 8.42 Å². The number of sulfonamides is 1. The number of nitrogens with one attached hydrogen (secondary N) is 1. The number of hydrogen-bond acceptors (Lipinski definition) is 4. The molecular weight excluding hydrogens is 348 g/mol. The SMILES string of the molecule is O=S(=O)(NCc1ccc(Cl)nc1)c1cnn(Cc2ccccc2)c1. The quantitative estimate of drug-likeness (QED) is 0.683. The molecule has 2 aromatic heterocycles. The van der Waals surface area contributed by atoms with Gasteiger partial charge in [-0.05, 0) is 17.2 Å². The largest absolute Gasteiger partial charge is 0.267 e. The van der Waals surface area contributed by atoms with Crippen LogP contribution in [0.4, 0.5) is 0 Å². The smallest absolute Gasteiger partial charge is 0.243 e. The third-order valence-corrected chi connectivity index (χ3v) is 4.94. The van der Waals surface area contributed by atoms with Crippen LogP contribution in [0.5, 0.6) is 0 Å². The van der Waals surface area contributed by atoms with Gasteiger partial charge in [-0.15, -0.1) is 0 Å². The molecule has 8 heteroatoms. The number of nitrogens with zero attached hydrogens (tertiary/aromatic N) is 3. The van der Waals surface area contributed by atoms with Gasteiger partial charge < -0.3 is 0 Å². The third-order valence-electron chi connectivity index (χ3n) is 3.36. The lowest BCUT2D eigenvalue weighted by molar-refractivity contribution is 0.581. The Morgan fingerprint density at radius 2 is 1.83 bits per heavy atom. The summed E-state index contributed by atoms with van der Waals surface area (Å²) < 4.78 is 28.8. The first-order valence-electron chi connectivity index (χ1n) is 7.19. The van der Waals surface area contributed by atoms with Gasteiger partial charge in [0.05, 0.1) is 12.7 Å². The van der Waals surface area contributed by atoms with E-state index in [1.165, 1.54) is 18.6 Å². The molecule has 1 aromatic carbocycles. The Morgan fingerprint density at radius 3 is 2.54 bits per heavy atom. The average molecular weight is 363 g/mol. The fourth-order valence-corrected chi connectivity index (χ4v) is 3.19. The van der Waals surface area contributed by atoms with Crippen LogP contribution in [0.2, 0.25) is 5.15 Å². The number of hydrogen-bond donors (Lipinski definition) is 1. The zero-order chi connectivity index (χ0) is 17.0. The molecule has 0 amide bonds. The summed E-state index contributed by atoms with van der Waals surface area (Å²) in [5.41, 5.74) is 1.77. The van der Waals surface area contributed by atoms with Gasteiger partial charge in [-0.1, -0.05) is 48.0 Å². The summed E-state index contributed by atoms with van der Waals surface area (Å²) in [5.74, 6) is 0. The van der Waals surface area contributed by atoms with E-state index in [1.807, 2.05) is 30.3 Å². The molecule has 3 rings (SSSR count). The molecule has 0 unspecified atom stereocenters. The average Bonchev–Trinajstić information content (AvgIpc) is 3.05. The van der Waals surface area contributed by atoms with Crippen molar-refractivity contribution in [2.24, 2.45) is 0 Å². The van der Waals surface area contributed by atoms with Crippen LogP contribution in [-0.4, -0.2) is 23.2 Å². The Labute approximate surface area is 145 Å². The predicted molar refractivity (Wildman–Crippen MR) is 91.0 cm³/mol. The van der Waals surface area contributed by atoms with Gasteiger partial charge in [0.1, 0.15) is 10.0 Å². The Kier molecular flexibility index (Phi) is 4.94. The second-order valence-corrected chi connectivity index (χ2v) is 7.33. The minimum Gasteiger partial charge on any atom is -0.267 e. The third kappa shape index (κ3) is 4.19. The fraction of sp³-hybridized carbons (Fsp3) is 0.125. The molecule has 0 fully saturated rings. The summed E-state index contributed by atoms with van der Waals surface area (Å²) in [7, 11) is -3.63. The zero-order valence-electron chi connectivity index (χ0n) is 12.6. The molecular formula is C16H15ClN4O2S. The molecule has 0 aliphatic carbocycles. The van der Waals surface area contributed by atoms with E-state index in [0.717, 1.165) is 11.1 Å². The molecule has 1 N–H and O–H groups in total. The van der Waals surface area contributed by atoms with Crippen LogP contribution < -0.4 is 4.72 Å². The summed E-state index contributed by atoms with van der Waals surface area (Å²) in [4.78, 5) is 4.04. The minimum atomic E-state index is -3.63. The van der Waals surface area contributed by atoms with Crippen molar-refractivity contribution in [3.05, 3.63) is 77.3 Å². The lowest BCUT2D eigenvalue weighted by Crippen LogP contribution is -2.23. The number of aromatic nitrogens is 3. The van der Waals surface area contributed by atoms with Crippen molar-refractivity contribution in [1.29, 1.82) is 0 Å². The van der Waals surface area contributed by atoms with Gasteiger partial charge in [-0.2, -0.15) is 5.10 Å². The highest BCUT2D eigenvalue weighted by molar-refractivity contribution is 7.89. The molecule has 0 atom stereocenters. The molecule has 0 spiro atoms. The first kappa shape index (κ1) is 16.6. The highest BCUT2D eigenvalue weighted by Crippen LogP contribution is 2.11. The van der Waals surface area contributed by atoms with Crippen molar-refractivity contribution >= 4 is 21.6 Å². The molecule has 2 heterocycles. The normalized spacial score (nSPS) is 11.5. The summed E-state index contributed by atoms with van der Waals surface area (Å²) in [5, 5.41) is 4.48. The van der Waals surface area contributed by atoms with Crippen LogP contribution >= 0.6 is 11.6 Å². The van der Waals surface area contributed by atoms with Crippen molar-refractivity contribution in [3.63, 3.8) is 0 Å². The van der Waals surface area contributed by atoms with Gasteiger partial charge >= 0.3 is 0 Å². The Balaban J connectivity index is 1.67. The van der Waals surface area contributed by atoms with Crippen molar-refractivity contribution in [2.75, 3.05) is 0 Å². The van der Waals surface area contributed by atoms with Crippen LogP contribution in [0.15, 0.2) is 66.0 Å². The van der Waals surface area contributed by atoms with Crippen LogP contribution in [0, 0.1) is 0 Å². The van der Waals surface area contributed by atoms with E-state index in [0.29, 0.717) is 11.7 Å². The lowest BCUT2D eigenvalue weighted by Gasteiger charge is -2.05.